The summed E-state index contributed by atoms with van der Waals surface area (Å²) in [6.07, 6.45) is 2.90. The van der Waals surface area contributed by atoms with Crippen LogP contribution in [0.5, 0.6) is 0 Å². The van der Waals surface area contributed by atoms with E-state index < -0.39 is 0 Å². The number of halogens is 1. The minimum atomic E-state index is -0.322. The van der Waals surface area contributed by atoms with Crippen LogP contribution < -0.4 is 11.1 Å². The van der Waals surface area contributed by atoms with Crippen molar-refractivity contribution in [1.82, 2.24) is 15.0 Å². The number of pyridine rings is 1. The highest BCUT2D eigenvalue weighted by Crippen LogP contribution is 2.32. The van der Waals surface area contributed by atoms with Crippen molar-refractivity contribution in [2.75, 3.05) is 11.1 Å². The normalized spacial score (nSPS) is 11.1. The summed E-state index contributed by atoms with van der Waals surface area (Å²) in [7, 11) is 0. The van der Waals surface area contributed by atoms with Gasteiger partial charge in [0.05, 0.1) is 21.5 Å². The lowest BCUT2D eigenvalue weighted by molar-refractivity contribution is 0.102. The van der Waals surface area contributed by atoms with E-state index in [9.17, 15) is 9.59 Å². The molecule has 0 fully saturated rings. The minimum Gasteiger partial charge on any atom is -0.382 e. The van der Waals surface area contributed by atoms with Crippen LogP contribution in [0.15, 0.2) is 60.4 Å². The maximum atomic E-state index is 13.2. The van der Waals surface area contributed by atoms with Gasteiger partial charge in [-0.05, 0) is 42.8 Å². The fraction of sp³-hybridized carbons (Fsp3) is 0.0417. The first kappa shape index (κ1) is 21.0. The van der Waals surface area contributed by atoms with Crippen LogP contribution in [0, 0.1) is 6.92 Å². The fourth-order valence-corrected chi connectivity index (χ4v) is 4.69. The van der Waals surface area contributed by atoms with Crippen LogP contribution in [0.2, 0.25) is 5.02 Å². The first-order chi connectivity index (χ1) is 15.9. The molecular formula is C24H16ClN5O2S. The Morgan fingerprint density at radius 3 is 2.58 bits per heavy atom. The molecule has 0 radical (unpaired) electrons. The second-order valence-corrected chi connectivity index (χ2v) is 8.70. The molecule has 0 bridgehead atoms. The molecule has 5 rings (SSSR count). The number of nitrogen functional groups attached to an aromatic ring is 1. The van der Waals surface area contributed by atoms with Crippen molar-refractivity contribution in [2.45, 2.75) is 6.92 Å². The average Bonchev–Trinajstić information content (AvgIpc) is 3.26. The number of fused-ring (bicyclic) bond motifs is 2. The molecule has 33 heavy (non-hydrogen) atoms. The summed E-state index contributed by atoms with van der Waals surface area (Å²) in [6, 6.07) is 12.1. The number of hydrogen-bond acceptors (Lipinski definition) is 7. The van der Waals surface area contributed by atoms with Crippen molar-refractivity contribution in [3.8, 4) is 0 Å². The molecular weight excluding hydrogens is 458 g/mol. The van der Waals surface area contributed by atoms with Crippen LogP contribution >= 0.6 is 22.9 Å². The van der Waals surface area contributed by atoms with E-state index in [1.807, 2.05) is 19.1 Å². The van der Waals surface area contributed by atoms with E-state index in [0.717, 1.165) is 5.56 Å². The van der Waals surface area contributed by atoms with E-state index in [-0.39, 0.29) is 11.7 Å². The molecule has 0 aliphatic carbocycles. The Morgan fingerprint density at radius 1 is 1.00 bits per heavy atom. The van der Waals surface area contributed by atoms with Crippen LogP contribution in [-0.4, -0.2) is 26.6 Å². The lowest BCUT2D eigenvalue weighted by Crippen LogP contribution is -2.13. The first-order valence-corrected chi connectivity index (χ1v) is 11.2. The summed E-state index contributed by atoms with van der Waals surface area (Å²) in [4.78, 5) is 38.8. The van der Waals surface area contributed by atoms with Crippen molar-refractivity contribution < 1.29 is 9.59 Å². The third-order valence-electron chi connectivity index (χ3n) is 5.34. The lowest BCUT2D eigenvalue weighted by Gasteiger charge is -2.13. The van der Waals surface area contributed by atoms with Crippen LogP contribution in [0.1, 0.15) is 32.0 Å². The second-order valence-electron chi connectivity index (χ2n) is 7.39. The van der Waals surface area contributed by atoms with Gasteiger partial charge >= 0.3 is 0 Å². The zero-order valence-electron chi connectivity index (χ0n) is 17.3. The van der Waals surface area contributed by atoms with Gasteiger partial charge < -0.3 is 11.1 Å². The van der Waals surface area contributed by atoms with E-state index in [1.165, 1.54) is 17.7 Å². The van der Waals surface area contributed by atoms with Crippen molar-refractivity contribution >= 4 is 67.1 Å². The lowest BCUT2D eigenvalue weighted by atomic mass is 9.99. The molecule has 0 saturated carbocycles. The van der Waals surface area contributed by atoms with Crippen molar-refractivity contribution in [3.05, 3.63) is 87.8 Å². The third-order valence-corrected chi connectivity index (χ3v) is 6.58. The first-order valence-electron chi connectivity index (χ1n) is 9.91. The minimum absolute atomic E-state index is 0.227. The molecule has 3 aromatic heterocycles. The average molecular weight is 474 g/mol. The van der Waals surface area contributed by atoms with Crippen LogP contribution in [-0.2, 0) is 0 Å². The third kappa shape index (κ3) is 3.69. The zero-order valence-corrected chi connectivity index (χ0v) is 18.9. The molecule has 7 nitrogen and oxygen atoms in total. The number of carbonyl (C=O) groups excluding carboxylic acids is 2. The summed E-state index contributed by atoms with van der Waals surface area (Å²) >= 11 is 7.27. The number of thiophene rings is 1. The molecule has 162 valence electrons. The van der Waals surface area contributed by atoms with E-state index in [0.29, 0.717) is 54.3 Å². The standard InChI is InChI=1S/C24H16ClN5O2S/c1-12-2-7-15-16(8-9-27-19(15)21(31)13-3-5-14(25)6-4-13)18(12)30-24(32)17-10-33-22-20(17)28-11-29-23(22)26/h2-11H,1H3,(H,30,32)(H2,26,28,29). The van der Waals surface area contributed by atoms with Crippen LogP contribution in [0.3, 0.4) is 0 Å². The molecule has 0 aliphatic rings. The number of aryl methyl sites for hydroxylation is 1. The smallest absolute Gasteiger partial charge is 0.258 e. The number of carbonyl (C=O) groups is 2. The summed E-state index contributed by atoms with van der Waals surface area (Å²) in [6.45, 7) is 1.89. The number of anilines is 2. The van der Waals surface area contributed by atoms with Gasteiger partial charge in [0.15, 0.2) is 0 Å². The van der Waals surface area contributed by atoms with Gasteiger partial charge in [0.25, 0.3) is 5.91 Å². The van der Waals surface area contributed by atoms with Gasteiger partial charge in [0.2, 0.25) is 5.78 Å². The van der Waals surface area contributed by atoms with E-state index >= 15 is 0 Å². The Balaban J connectivity index is 1.57. The topological polar surface area (TPSA) is 111 Å². The number of rotatable bonds is 4. The number of nitrogens with two attached hydrogens (primary N) is 1. The number of amides is 1. The van der Waals surface area contributed by atoms with E-state index in [2.05, 4.69) is 20.3 Å². The Morgan fingerprint density at radius 2 is 1.79 bits per heavy atom. The number of nitrogens with one attached hydrogen (secondary N) is 1. The van der Waals surface area contributed by atoms with Gasteiger partial charge in [0.1, 0.15) is 17.8 Å². The molecule has 9 heteroatoms. The van der Waals surface area contributed by atoms with E-state index in [1.54, 1.807) is 41.9 Å². The molecule has 5 aromatic rings. The number of benzene rings is 2. The van der Waals surface area contributed by atoms with Crippen molar-refractivity contribution in [1.29, 1.82) is 0 Å². The Labute approximate surface area is 197 Å². The number of aromatic nitrogens is 3. The Kier molecular flexibility index (Phi) is 5.24. The molecule has 1 amide bonds. The predicted octanol–water partition coefficient (Wildman–Crippen LogP) is 5.27. The summed E-state index contributed by atoms with van der Waals surface area (Å²) < 4.78 is 0.664. The zero-order chi connectivity index (χ0) is 23.1. The van der Waals surface area contributed by atoms with Gasteiger partial charge in [-0.3, -0.25) is 14.6 Å². The quantitative estimate of drug-likeness (QED) is 0.344. The van der Waals surface area contributed by atoms with Gasteiger partial charge in [0, 0.05) is 32.9 Å². The van der Waals surface area contributed by atoms with E-state index in [4.69, 9.17) is 17.3 Å². The predicted molar refractivity (Wildman–Crippen MR) is 131 cm³/mol. The van der Waals surface area contributed by atoms with Crippen LogP contribution in [0.25, 0.3) is 21.0 Å². The van der Waals surface area contributed by atoms with Crippen molar-refractivity contribution in [2.24, 2.45) is 0 Å². The SMILES string of the molecule is Cc1ccc2c(C(=O)c3ccc(Cl)cc3)nccc2c1NC(=O)c1csc2c(N)ncnc12. The van der Waals surface area contributed by atoms with Gasteiger partial charge in [-0.2, -0.15) is 0 Å². The molecule has 3 heterocycles. The Bertz CT molecular complexity index is 1560. The van der Waals surface area contributed by atoms with Gasteiger partial charge in [-0.1, -0.05) is 23.7 Å². The fourth-order valence-electron chi connectivity index (χ4n) is 3.66. The number of hydrogen-bond donors (Lipinski definition) is 2. The maximum Gasteiger partial charge on any atom is 0.258 e. The molecule has 0 unspecified atom stereocenters. The Hall–Kier alpha value is -3.88. The molecule has 0 spiro atoms. The number of nitrogens with zero attached hydrogens (tertiary/aromatic N) is 3. The highest BCUT2D eigenvalue weighted by Gasteiger charge is 2.20. The monoisotopic (exact) mass is 473 g/mol. The van der Waals surface area contributed by atoms with Crippen molar-refractivity contribution in [3.63, 3.8) is 0 Å². The van der Waals surface area contributed by atoms with Crippen LogP contribution in [0.4, 0.5) is 11.5 Å². The molecule has 0 aliphatic heterocycles. The largest absolute Gasteiger partial charge is 0.382 e. The molecule has 0 atom stereocenters. The number of ketones is 1. The maximum absolute atomic E-state index is 13.2. The summed E-state index contributed by atoms with van der Waals surface area (Å²) in [5.41, 5.74) is 9.04. The molecule has 0 saturated heterocycles. The van der Waals surface area contributed by atoms with Gasteiger partial charge in [-0.15, -0.1) is 11.3 Å². The summed E-state index contributed by atoms with van der Waals surface area (Å²) in [5.74, 6) is -0.214. The van der Waals surface area contributed by atoms with Gasteiger partial charge in [-0.25, -0.2) is 9.97 Å². The summed E-state index contributed by atoms with van der Waals surface area (Å²) in [5, 5.41) is 6.60. The highest BCUT2D eigenvalue weighted by molar-refractivity contribution is 7.18. The highest BCUT2D eigenvalue weighted by atomic mass is 35.5. The molecule has 2 aromatic carbocycles. The second kappa shape index (κ2) is 8.23. The molecule has 3 N–H and O–H groups in total.